The van der Waals surface area contributed by atoms with E-state index in [4.69, 9.17) is 0 Å². The van der Waals surface area contributed by atoms with Crippen LogP contribution in [0.1, 0.15) is 29.5 Å². The molecule has 2 aromatic rings. The maximum absolute atomic E-state index is 3.60. The van der Waals surface area contributed by atoms with Gasteiger partial charge in [0.05, 0.1) is 5.52 Å². The number of fused-ring (bicyclic) bond motifs is 1. The molecule has 96 valence electrons. The third kappa shape index (κ3) is 2.17. The second kappa shape index (κ2) is 4.43. The largest absolute Gasteiger partial charge is 0.350 e. The molecule has 1 N–H and O–H groups in total. The fourth-order valence-corrected chi connectivity index (χ4v) is 2.94. The number of aryl methyl sites for hydroxylation is 3. The lowest BCUT2D eigenvalue weighted by Crippen LogP contribution is -2.19. The third-order valence-electron chi connectivity index (χ3n) is 3.90. The van der Waals surface area contributed by atoms with Crippen LogP contribution in [0, 0.1) is 13.8 Å². The standard InChI is InChI=1S/C16H22N2/c1-11-8-12(2)16-15(9-11)13(10-18(16)3)6-7-17-14-4-5-14/h8-10,14,17H,4-7H2,1-3H3. The van der Waals surface area contributed by atoms with Crippen molar-refractivity contribution >= 4 is 10.9 Å². The zero-order valence-corrected chi connectivity index (χ0v) is 11.6. The van der Waals surface area contributed by atoms with E-state index in [-0.39, 0.29) is 0 Å². The van der Waals surface area contributed by atoms with Crippen LogP contribution in [-0.4, -0.2) is 17.2 Å². The summed E-state index contributed by atoms with van der Waals surface area (Å²) >= 11 is 0. The highest BCUT2D eigenvalue weighted by Crippen LogP contribution is 2.26. The van der Waals surface area contributed by atoms with Crippen LogP contribution in [0.2, 0.25) is 0 Å². The van der Waals surface area contributed by atoms with E-state index < -0.39 is 0 Å². The second-order valence-electron chi connectivity index (χ2n) is 5.72. The first kappa shape index (κ1) is 11.8. The van der Waals surface area contributed by atoms with E-state index in [9.17, 15) is 0 Å². The molecule has 0 saturated heterocycles. The Hall–Kier alpha value is -1.28. The highest BCUT2D eigenvalue weighted by molar-refractivity contribution is 5.87. The number of nitrogens with one attached hydrogen (secondary N) is 1. The molecule has 0 amide bonds. The molecular weight excluding hydrogens is 220 g/mol. The Bertz CT molecular complexity index is 576. The molecule has 0 unspecified atom stereocenters. The van der Waals surface area contributed by atoms with Crippen LogP contribution in [-0.2, 0) is 13.5 Å². The van der Waals surface area contributed by atoms with Gasteiger partial charge in [-0.25, -0.2) is 0 Å². The van der Waals surface area contributed by atoms with Gasteiger partial charge in [0.25, 0.3) is 0 Å². The maximum atomic E-state index is 3.60. The minimum absolute atomic E-state index is 0.809. The zero-order valence-electron chi connectivity index (χ0n) is 11.6. The molecule has 2 heteroatoms. The smallest absolute Gasteiger partial charge is 0.0510 e. The normalized spacial score (nSPS) is 15.5. The molecule has 2 nitrogen and oxygen atoms in total. The van der Waals surface area contributed by atoms with Gasteiger partial charge in [0, 0.05) is 24.7 Å². The zero-order chi connectivity index (χ0) is 12.7. The molecule has 1 aromatic carbocycles. The van der Waals surface area contributed by atoms with E-state index >= 15 is 0 Å². The number of nitrogens with zero attached hydrogens (tertiary/aromatic N) is 1. The van der Waals surface area contributed by atoms with Crippen molar-refractivity contribution in [2.45, 2.75) is 39.2 Å². The number of hydrogen-bond donors (Lipinski definition) is 1. The van der Waals surface area contributed by atoms with Crippen molar-refractivity contribution < 1.29 is 0 Å². The van der Waals surface area contributed by atoms with Gasteiger partial charge in [0.15, 0.2) is 0 Å². The molecule has 1 aliphatic carbocycles. The van der Waals surface area contributed by atoms with Gasteiger partial charge < -0.3 is 9.88 Å². The number of rotatable bonds is 4. The van der Waals surface area contributed by atoms with Gasteiger partial charge in [-0.2, -0.15) is 0 Å². The highest BCUT2D eigenvalue weighted by Gasteiger charge is 2.20. The summed E-state index contributed by atoms with van der Waals surface area (Å²) in [6.45, 7) is 5.50. The van der Waals surface area contributed by atoms with Crippen LogP contribution in [0.25, 0.3) is 10.9 Å². The predicted octanol–water partition coefficient (Wildman–Crippen LogP) is 3.09. The van der Waals surface area contributed by atoms with Gasteiger partial charge in [-0.1, -0.05) is 11.6 Å². The molecule has 0 atom stereocenters. The molecule has 18 heavy (non-hydrogen) atoms. The van der Waals surface area contributed by atoms with Crippen LogP contribution in [0.4, 0.5) is 0 Å². The number of aromatic nitrogens is 1. The first-order valence-corrected chi connectivity index (χ1v) is 6.93. The topological polar surface area (TPSA) is 17.0 Å². The van der Waals surface area contributed by atoms with Crippen molar-refractivity contribution in [2.24, 2.45) is 7.05 Å². The van der Waals surface area contributed by atoms with Gasteiger partial charge in [0.1, 0.15) is 0 Å². The summed E-state index contributed by atoms with van der Waals surface area (Å²) in [7, 11) is 2.16. The SMILES string of the molecule is Cc1cc(C)c2c(c1)c(CCNC1CC1)cn2C. The average molecular weight is 242 g/mol. The third-order valence-corrected chi connectivity index (χ3v) is 3.90. The first-order chi connectivity index (χ1) is 8.65. The lowest BCUT2D eigenvalue weighted by molar-refractivity contribution is 0.682. The summed E-state index contributed by atoms with van der Waals surface area (Å²) in [4.78, 5) is 0. The van der Waals surface area contributed by atoms with E-state index in [1.807, 2.05) is 0 Å². The lowest BCUT2D eigenvalue weighted by atomic mass is 10.0. The Balaban J connectivity index is 1.90. The summed E-state index contributed by atoms with van der Waals surface area (Å²) in [5, 5.41) is 5.04. The van der Waals surface area contributed by atoms with Gasteiger partial charge in [-0.05, 0) is 56.8 Å². The molecule has 0 radical (unpaired) electrons. The summed E-state index contributed by atoms with van der Waals surface area (Å²) < 4.78 is 2.27. The van der Waals surface area contributed by atoms with Crippen molar-refractivity contribution in [3.63, 3.8) is 0 Å². The Morgan fingerprint density at radius 1 is 1.28 bits per heavy atom. The van der Waals surface area contributed by atoms with Crippen molar-refractivity contribution in [2.75, 3.05) is 6.54 Å². The molecule has 3 rings (SSSR count). The highest BCUT2D eigenvalue weighted by atomic mass is 14.9. The van der Waals surface area contributed by atoms with Crippen molar-refractivity contribution in [1.82, 2.24) is 9.88 Å². The van der Waals surface area contributed by atoms with E-state index in [1.54, 1.807) is 0 Å². The molecule has 1 heterocycles. The molecule has 1 aromatic heterocycles. The minimum Gasteiger partial charge on any atom is -0.350 e. The molecule has 1 saturated carbocycles. The van der Waals surface area contributed by atoms with E-state index in [2.05, 4.69) is 49.1 Å². The van der Waals surface area contributed by atoms with E-state index in [0.717, 1.165) is 19.0 Å². The van der Waals surface area contributed by atoms with Crippen LogP contribution < -0.4 is 5.32 Å². The van der Waals surface area contributed by atoms with Gasteiger partial charge in [-0.15, -0.1) is 0 Å². The van der Waals surface area contributed by atoms with Crippen LogP contribution >= 0.6 is 0 Å². The molecule has 0 bridgehead atoms. The quantitative estimate of drug-likeness (QED) is 0.872. The Morgan fingerprint density at radius 2 is 2.06 bits per heavy atom. The monoisotopic (exact) mass is 242 g/mol. The Kier molecular flexibility index (Phi) is 2.90. The molecular formula is C16H22N2. The Morgan fingerprint density at radius 3 is 2.78 bits per heavy atom. The van der Waals surface area contributed by atoms with Gasteiger partial charge in [0.2, 0.25) is 0 Å². The fourth-order valence-electron chi connectivity index (χ4n) is 2.94. The van der Waals surface area contributed by atoms with Crippen LogP contribution in [0.15, 0.2) is 18.3 Å². The summed E-state index contributed by atoms with van der Waals surface area (Å²) in [6.07, 6.45) is 6.17. The number of benzene rings is 1. The molecule has 0 aliphatic heterocycles. The summed E-state index contributed by atoms with van der Waals surface area (Å²) in [5.41, 5.74) is 5.62. The minimum atomic E-state index is 0.809. The summed E-state index contributed by atoms with van der Waals surface area (Å²) in [5.74, 6) is 0. The lowest BCUT2D eigenvalue weighted by Gasteiger charge is -2.04. The van der Waals surface area contributed by atoms with Gasteiger partial charge in [-0.3, -0.25) is 0 Å². The second-order valence-corrected chi connectivity index (χ2v) is 5.72. The first-order valence-electron chi connectivity index (χ1n) is 6.93. The Labute approximate surface area is 109 Å². The maximum Gasteiger partial charge on any atom is 0.0510 e. The molecule has 0 spiro atoms. The molecule has 1 aliphatic rings. The van der Waals surface area contributed by atoms with E-state index in [1.165, 1.54) is 40.4 Å². The van der Waals surface area contributed by atoms with E-state index in [0.29, 0.717) is 0 Å². The molecule has 1 fully saturated rings. The van der Waals surface area contributed by atoms with Crippen molar-refractivity contribution in [3.05, 3.63) is 35.0 Å². The van der Waals surface area contributed by atoms with Crippen LogP contribution in [0.5, 0.6) is 0 Å². The summed E-state index contributed by atoms with van der Waals surface area (Å²) in [6, 6.07) is 5.41. The number of hydrogen-bond acceptors (Lipinski definition) is 1. The van der Waals surface area contributed by atoms with Crippen molar-refractivity contribution in [1.29, 1.82) is 0 Å². The van der Waals surface area contributed by atoms with Crippen molar-refractivity contribution in [3.8, 4) is 0 Å². The predicted molar refractivity (Wildman–Crippen MR) is 77.1 cm³/mol. The average Bonchev–Trinajstić information content (AvgIpc) is 3.05. The van der Waals surface area contributed by atoms with Gasteiger partial charge >= 0.3 is 0 Å². The fraction of sp³-hybridized carbons (Fsp3) is 0.500. The van der Waals surface area contributed by atoms with Crippen LogP contribution in [0.3, 0.4) is 0 Å².